The number of carboxylic acid groups (broad SMARTS) is 1. The molecule has 1 aromatic rings. The van der Waals surface area contributed by atoms with Gasteiger partial charge in [-0.05, 0) is 0 Å². The smallest absolute Gasteiger partial charge is 0.435 e. The highest BCUT2D eigenvalue weighted by Gasteiger charge is 2.38. The summed E-state index contributed by atoms with van der Waals surface area (Å²) in [6.07, 6.45) is -4.69. The highest BCUT2D eigenvalue weighted by atomic mass is 32.1. The molecular formula is C6H6F3NO2S. The van der Waals surface area contributed by atoms with Gasteiger partial charge in [0.1, 0.15) is 4.88 Å². The Morgan fingerprint density at radius 1 is 1.54 bits per heavy atom. The Hall–Kier alpha value is -1.11. The third kappa shape index (κ3) is 2.41. The van der Waals surface area contributed by atoms with Crippen LogP contribution in [0, 0.1) is 0 Å². The lowest BCUT2D eigenvalue weighted by molar-refractivity contribution is -0.141. The summed E-state index contributed by atoms with van der Waals surface area (Å²) in [5, 5.41) is 8.29. The van der Waals surface area contributed by atoms with Crippen molar-refractivity contribution in [3.05, 3.63) is 16.1 Å². The maximum atomic E-state index is 11.9. The predicted molar refractivity (Wildman–Crippen MR) is 40.8 cm³/mol. The summed E-state index contributed by atoms with van der Waals surface area (Å²) in [5.74, 6) is -1.61. The molecule has 13 heavy (non-hydrogen) atoms. The van der Waals surface area contributed by atoms with Crippen molar-refractivity contribution in [1.29, 1.82) is 0 Å². The number of halogens is 3. The molecular weight excluding hydrogens is 207 g/mol. The van der Waals surface area contributed by atoms with Gasteiger partial charge in [-0.3, -0.25) is 0 Å². The first-order valence-electron chi connectivity index (χ1n) is 2.67. The highest BCUT2D eigenvalue weighted by molar-refractivity contribution is 7.11. The molecule has 0 aromatic carbocycles. The maximum absolute atomic E-state index is 11.9. The van der Waals surface area contributed by atoms with Gasteiger partial charge >= 0.3 is 12.1 Å². The number of aromatic nitrogens is 1. The molecule has 0 radical (unpaired) electrons. The van der Waals surface area contributed by atoms with Crippen LogP contribution in [-0.2, 0) is 6.18 Å². The highest BCUT2D eigenvalue weighted by Crippen LogP contribution is 2.32. The third-order valence-electron chi connectivity index (χ3n) is 1.03. The molecule has 1 N–H and O–H groups in total. The Bertz CT molecular complexity index is 307. The molecule has 0 spiro atoms. The van der Waals surface area contributed by atoms with Crippen LogP contribution in [0.3, 0.4) is 0 Å². The third-order valence-corrected chi connectivity index (χ3v) is 1.84. The van der Waals surface area contributed by atoms with Crippen molar-refractivity contribution in [2.75, 3.05) is 0 Å². The quantitative estimate of drug-likeness (QED) is 0.779. The number of hydrogen-bond donors (Lipinski definition) is 1. The summed E-state index contributed by atoms with van der Waals surface area (Å²) in [4.78, 5) is 12.3. The Labute approximate surface area is 75.8 Å². The molecule has 0 atom stereocenters. The van der Waals surface area contributed by atoms with E-state index in [2.05, 4.69) is 4.98 Å². The topological polar surface area (TPSA) is 50.2 Å². The standard InChI is InChI=1S/C5H2F3NO2S.CH4/c6-5(7,8)3-2(4(10)11)12-1-9-3;/h1H,(H,10,11);1H4. The van der Waals surface area contributed by atoms with Gasteiger partial charge in [-0.1, -0.05) is 7.43 Å². The van der Waals surface area contributed by atoms with Gasteiger partial charge in [-0.25, -0.2) is 9.78 Å². The molecule has 0 aliphatic heterocycles. The van der Waals surface area contributed by atoms with Gasteiger partial charge < -0.3 is 5.11 Å². The summed E-state index contributed by atoms with van der Waals surface area (Å²) >= 11 is 0.454. The van der Waals surface area contributed by atoms with Crippen LogP contribution in [0.25, 0.3) is 0 Å². The van der Waals surface area contributed by atoms with Crippen LogP contribution in [0.1, 0.15) is 22.8 Å². The van der Waals surface area contributed by atoms with Crippen molar-refractivity contribution >= 4 is 17.3 Å². The van der Waals surface area contributed by atoms with Crippen LogP contribution < -0.4 is 0 Å². The van der Waals surface area contributed by atoms with Crippen LogP contribution >= 0.6 is 11.3 Å². The molecule has 1 heterocycles. The maximum Gasteiger partial charge on any atom is 0.435 e. The van der Waals surface area contributed by atoms with Gasteiger partial charge in [0.25, 0.3) is 0 Å². The second kappa shape index (κ2) is 3.73. The molecule has 0 saturated carbocycles. The summed E-state index contributed by atoms with van der Waals surface area (Å²) in [5.41, 5.74) is -0.480. The zero-order chi connectivity index (χ0) is 9.35. The van der Waals surface area contributed by atoms with E-state index in [4.69, 9.17) is 5.11 Å². The number of carbonyl (C=O) groups is 1. The predicted octanol–water partition coefficient (Wildman–Crippen LogP) is 2.50. The largest absolute Gasteiger partial charge is 0.477 e. The number of rotatable bonds is 1. The van der Waals surface area contributed by atoms with Gasteiger partial charge in [0, 0.05) is 0 Å². The summed E-state index contributed by atoms with van der Waals surface area (Å²) in [7, 11) is 0. The lowest BCUT2D eigenvalue weighted by Gasteiger charge is -2.02. The second-order valence-corrected chi connectivity index (χ2v) is 2.69. The van der Waals surface area contributed by atoms with Gasteiger partial charge in [0.05, 0.1) is 5.51 Å². The minimum Gasteiger partial charge on any atom is -0.477 e. The number of aromatic carboxylic acids is 1. The van der Waals surface area contributed by atoms with E-state index in [1.807, 2.05) is 0 Å². The van der Waals surface area contributed by atoms with E-state index in [1.54, 1.807) is 0 Å². The molecule has 0 amide bonds. The molecule has 1 rings (SSSR count). The normalized spacial score (nSPS) is 10.7. The number of thiazole rings is 1. The minimum atomic E-state index is -4.69. The van der Waals surface area contributed by atoms with E-state index in [9.17, 15) is 18.0 Å². The SMILES string of the molecule is C.O=C(O)c1scnc1C(F)(F)F. The first-order valence-corrected chi connectivity index (χ1v) is 3.55. The Morgan fingerprint density at radius 3 is 2.38 bits per heavy atom. The van der Waals surface area contributed by atoms with Crippen molar-refractivity contribution in [1.82, 2.24) is 4.98 Å². The van der Waals surface area contributed by atoms with E-state index in [0.29, 0.717) is 11.3 Å². The average Bonchev–Trinajstić information content (AvgIpc) is 2.30. The minimum absolute atomic E-state index is 0. The van der Waals surface area contributed by atoms with E-state index in [1.165, 1.54) is 0 Å². The first-order chi connectivity index (χ1) is 5.43. The molecule has 1 aromatic heterocycles. The molecule has 3 nitrogen and oxygen atoms in total. The van der Waals surface area contributed by atoms with E-state index in [-0.39, 0.29) is 7.43 Å². The molecule has 0 fully saturated rings. The molecule has 0 bridgehead atoms. The van der Waals surface area contributed by atoms with Gasteiger partial charge in [0.15, 0.2) is 5.69 Å². The Morgan fingerprint density at radius 2 is 2.08 bits per heavy atom. The van der Waals surface area contributed by atoms with Crippen LogP contribution in [0.2, 0.25) is 0 Å². The summed E-state index contributed by atoms with van der Waals surface area (Å²) in [6, 6.07) is 0. The zero-order valence-electron chi connectivity index (χ0n) is 5.42. The van der Waals surface area contributed by atoms with Gasteiger partial charge in [-0.2, -0.15) is 13.2 Å². The fourth-order valence-corrected chi connectivity index (χ4v) is 1.24. The van der Waals surface area contributed by atoms with Crippen molar-refractivity contribution in [3.8, 4) is 0 Å². The van der Waals surface area contributed by atoms with Crippen molar-refractivity contribution in [2.45, 2.75) is 13.6 Å². The van der Waals surface area contributed by atoms with Gasteiger partial charge in [-0.15, -0.1) is 11.3 Å². The fourth-order valence-electron chi connectivity index (χ4n) is 0.600. The van der Waals surface area contributed by atoms with Crippen LogP contribution in [0.4, 0.5) is 13.2 Å². The molecule has 74 valence electrons. The zero-order valence-corrected chi connectivity index (χ0v) is 6.24. The number of nitrogens with zero attached hydrogens (tertiary/aromatic N) is 1. The van der Waals surface area contributed by atoms with Crippen molar-refractivity contribution < 1.29 is 23.1 Å². The molecule has 0 saturated heterocycles. The van der Waals surface area contributed by atoms with Crippen molar-refractivity contribution in [3.63, 3.8) is 0 Å². The Kier molecular flexibility index (Phi) is 3.42. The van der Waals surface area contributed by atoms with E-state index in [0.717, 1.165) is 5.51 Å². The lowest BCUT2D eigenvalue weighted by Crippen LogP contribution is -2.11. The number of hydrogen-bond acceptors (Lipinski definition) is 3. The summed E-state index contributed by atoms with van der Waals surface area (Å²) in [6.45, 7) is 0. The van der Waals surface area contributed by atoms with Crippen LogP contribution in [-0.4, -0.2) is 16.1 Å². The van der Waals surface area contributed by atoms with E-state index >= 15 is 0 Å². The van der Waals surface area contributed by atoms with Gasteiger partial charge in [0.2, 0.25) is 0 Å². The molecule has 0 aliphatic carbocycles. The molecule has 7 heteroatoms. The summed E-state index contributed by atoms with van der Waals surface area (Å²) < 4.78 is 35.8. The second-order valence-electron chi connectivity index (χ2n) is 1.83. The number of alkyl halides is 3. The first kappa shape index (κ1) is 11.9. The number of carboxylic acids is 1. The van der Waals surface area contributed by atoms with Crippen LogP contribution in [0.15, 0.2) is 5.51 Å². The average molecular weight is 213 g/mol. The lowest BCUT2D eigenvalue weighted by atomic mass is 10.3. The monoisotopic (exact) mass is 213 g/mol. The Balaban J connectivity index is 0.00000144. The van der Waals surface area contributed by atoms with Crippen molar-refractivity contribution in [2.24, 2.45) is 0 Å². The van der Waals surface area contributed by atoms with Crippen LogP contribution in [0.5, 0.6) is 0 Å². The van der Waals surface area contributed by atoms with E-state index < -0.39 is 22.7 Å². The molecule has 0 aliphatic rings. The molecule has 0 unspecified atom stereocenters. The fraction of sp³-hybridized carbons (Fsp3) is 0.333.